The van der Waals surface area contributed by atoms with E-state index >= 15 is 0 Å². The first-order valence-corrected chi connectivity index (χ1v) is 7.46. The molecule has 1 saturated carbocycles. The summed E-state index contributed by atoms with van der Waals surface area (Å²) >= 11 is 11.8. The Labute approximate surface area is 123 Å². The Morgan fingerprint density at radius 2 is 2.16 bits per heavy atom. The highest BCUT2D eigenvalue weighted by Gasteiger charge is 2.35. The summed E-state index contributed by atoms with van der Waals surface area (Å²) in [7, 11) is 0. The van der Waals surface area contributed by atoms with Crippen molar-refractivity contribution in [2.75, 3.05) is 5.88 Å². The number of alkyl halides is 1. The molecule has 1 heterocycles. The summed E-state index contributed by atoms with van der Waals surface area (Å²) in [5.41, 5.74) is 0.0967. The minimum absolute atomic E-state index is 0.174. The largest absolute Gasteiger partial charge is 0.344 e. The van der Waals surface area contributed by atoms with Crippen LogP contribution in [0.4, 0.5) is 0 Å². The van der Waals surface area contributed by atoms with Gasteiger partial charge < -0.3 is 5.32 Å². The predicted molar refractivity (Wildman–Crippen MR) is 77.8 cm³/mol. The van der Waals surface area contributed by atoms with Crippen molar-refractivity contribution in [3.05, 3.63) is 29.0 Å². The highest BCUT2D eigenvalue weighted by Crippen LogP contribution is 2.33. The number of carbonyl (C=O) groups excluding carboxylic acids is 1. The lowest BCUT2D eigenvalue weighted by molar-refractivity contribution is 0.0867. The summed E-state index contributed by atoms with van der Waals surface area (Å²) in [6.45, 7) is 2.24. The molecule has 1 aromatic rings. The lowest BCUT2D eigenvalue weighted by atomic mass is 9.78. The number of halogens is 2. The highest BCUT2D eigenvalue weighted by molar-refractivity contribution is 6.30. The Hall–Kier alpha value is -0.800. The van der Waals surface area contributed by atoms with E-state index in [0.29, 0.717) is 22.5 Å². The zero-order valence-electron chi connectivity index (χ0n) is 11.0. The summed E-state index contributed by atoms with van der Waals surface area (Å²) in [5, 5.41) is 3.59. The summed E-state index contributed by atoms with van der Waals surface area (Å²) < 4.78 is 0. The molecular formula is C14H18Cl2N2O. The lowest BCUT2D eigenvalue weighted by Crippen LogP contribution is -2.52. The maximum absolute atomic E-state index is 12.2. The monoisotopic (exact) mass is 300 g/mol. The van der Waals surface area contributed by atoms with Gasteiger partial charge in [0.2, 0.25) is 0 Å². The molecule has 1 amide bonds. The smallest absolute Gasteiger partial charge is 0.270 e. The lowest BCUT2D eigenvalue weighted by Gasteiger charge is -2.38. The third-order valence-corrected chi connectivity index (χ3v) is 4.56. The van der Waals surface area contributed by atoms with E-state index in [1.807, 2.05) is 0 Å². The van der Waals surface area contributed by atoms with Crippen LogP contribution in [0.2, 0.25) is 5.02 Å². The zero-order chi connectivity index (χ0) is 13.9. The molecular weight excluding hydrogens is 283 g/mol. The van der Waals surface area contributed by atoms with Gasteiger partial charge in [-0.2, -0.15) is 0 Å². The van der Waals surface area contributed by atoms with Crippen LogP contribution >= 0.6 is 23.2 Å². The van der Waals surface area contributed by atoms with Gasteiger partial charge in [-0.05, 0) is 43.7 Å². The SMILES string of the molecule is CC1CCC(CCl)(NC(=O)c2ccc(Cl)cn2)CC1. The number of rotatable bonds is 3. The molecule has 1 aromatic heterocycles. The minimum Gasteiger partial charge on any atom is -0.344 e. The van der Waals surface area contributed by atoms with Crippen molar-refractivity contribution in [1.82, 2.24) is 10.3 Å². The number of hydrogen-bond acceptors (Lipinski definition) is 2. The molecule has 0 spiro atoms. The summed E-state index contributed by atoms with van der Waals surface area (Å²) in [6, 6.07) is 3.30. The highest BCUT2D eigenvalue weighted by atomic mass is 35.5. The van der Waals surface area contributed by atoms with Gasteiger partial charge in [0.05, 0.1) is 10.6 Å². The van der Waals surface area contributed by atoms with E-state index in [0.717, 1.165) is 25.7 Å². The molecule has 5 heteroatoms. The quantitative estimate of drug-likeness (QED) is 0.866. The molecule has 0 radical (unpaired) electrons. The van der Waals surface area contributed by atoms with Crippen molar-refractivity contribution in [2.45, 2.75) is 38.1 Å². The number of aromatic nitrogens is 1. The molecule has 0 atom stereocenters. The number of carbonyl (C=O) groups is 1. The number of amides is 1. The summed E-state index contributed by atoms with van der Waals surface area (Å²) in [4.78, 5) is 16.2. The van der Waals surface area contributed by atoms with Gasteiger partial charge in [0.1, 0.15) is 5.69 Å². The van der Waals surface area contributed by atoms with Crippen LogP contribution in [0.3, 0.4) is 0 Å². The molecule has 0 saturated heterocycles. The second-order valence-electron chi connectivity index (χ2n) is 5.41. The topological polar surface area (TPSA) is 42.0 Å². The number of pyridine rings is 1. The van der Waals surface area contributed by atoms with Gasteiger partial charge in [-0.1, -0.05) is 18.5 Å². The van der Waals surface area contributed by atoms with Gasteiger partial charge >= 0.3 is 0 Å². The zero-order valence-corrected chi connectivity index (χ0v) is 12.5. The number of nitrogens with one attached hydrogen (secondary N) is 1. The van der Waals surface area contributed by atoms with Crippen LogP contribution in [0.25, 0.3) is 0 Å². The predicted octanol–water partition coefficient (Wildman–Crippen LogP) is 3.65. The first-order valence-electron chi connectivity index (χ1n) is 6.55. The normalized spacial score (nSPS) is 27.0. The maximum Gasteiger partial charge on any atom is 0.270 e. The first-order chi connectivity index (χ1) is 9.04. The Morgan fingerprint density at radius 3 is 2.68 bits per heavy atom. The van der Waals surface area contributed by atoms with Gasteiger partial charge in [0.25, 0.3) is 5.91 Å². The maximum atomic E-state index is 12.2. The molecule has 0 unspecified atom stereocenters. The van der Waals surface area contributed by atoms with Crippen LogP contribution in [0, 0.1) is 5.92 Å². The fraction of sp³-hybridized carbons (Fsp3) is 0.571. The van der Waals surface area contributed by atoms with Crippen molar-refractivity contribution in [1.29, 1.82) is 0 Å². The van der Waals surface area contributed by atoms with Crippen molar-refractivity contribution < 1.29 is 4.79 Å². The van der Waals surface area contributed by atoms with Crippen LogP contribution in [0.15, 0.2) is 18.3 Å². The molecule has 19 heavy (non-hydrogen) atoms. The molecule has 1 aliphatic rings. The second-order valence-corrected chi connectivity index (χ2v) is 6.12. The average molecular weight is 301 g/mol. The fourth-order valence-electron chi connectivity index (χ4n) is 2.42. The van der Waals surface area contributed by atoms with E-state index in [-0.39, 0.29) is 11.4 Å². The Kier molecular flexibility index (Phi) is 4.69. The minimum atomic E-state index is -0.285. The van der Waals surface area contributed by atoms with Crippen molar-refractivity contribution in [3.8, 4) is 0 Å². The Balaban J connectivity index is 2.06. The van der Waals surface area contributed by atoms with Gasteiger partial charge in [0, 0.05) is 12.1 Å². The van der Waals surface area contributed by atoms with E-state index in [4.69, 9.17) is 23.2 Å². The van der Waals surface area contributed by atoms with Crippen LogP contribution < -0.4 is 5.32 Å². The van der Waals surface area contributed by atoms with E-state index in [1.54, 1.807) is 12.1 Å². The first kappa shape index (κ1) is 14.6. The Morgan fingerprint density at radius 1 is 1.47 bits per heavy atom. The standard InChI is InChI=1S/C14H18Cl2N2O/c1-10-4-6-14(9-15,7-5-10)18-13(19)12-3-2-11(16)8-17-12/h2-3,8,10H,4-7,9H2,1H3,(H,18,19). The van der Waals surface area contributed by atoms with Crippen molar-refractivity contribution in [2.24, 2.45) is 5.92 Å². The van der Waals surface area contributed by atoms with Crippen LogP contribution in [0.1, 0.15) is 43.1 Å². The molecule has 104 valence electrons. The van der Waals surface area contributed by atoms with Gasteiger partial charge in [0.15, 0.2) is 0 Å². The number of nitrogens with zero attached hydrogens (tertiary/aromatic N) is 1. The third kappa shape index (κ3) is 3.61. The fourth-order valence-corrected chi connectivity index (χ4v) is 2.87. The number of hydrogen-bond donors (Lipinski definition) is 1. The molecule has 1 fully saturated rings. The van der Waals surface area contributed by atoms with E-state index in [2.05, 4.69) is 17.2 Å². The van der Waals surface area contributed by atoms with Gasteiger partial charge in [-0.25, -0.2) is 4.98 Å². The van der Waals surface area contributed by atoms with Crippen LogP contribution in [0.5, 0.6) is 0 Å². The van der Waals surface area contributed by atoms with E-state index < -0.39 is 0 Å². The molecule has 3 nitrogen and oxygen atoms in total. The molecule has 1 N–H and O–H groups in total. The van der Waals surface area contributed by atoms with Crippen molar-refractivity contribution in [3.63, 3.8) is 0 Å². The summed E-state index contributed by atoms with van der Waals surface area (Å²) in [6.07, 6.45) is 5.53. The van der Waals surface area contributed by atoms with Crippen LogP contribution in [-0.4, -0.2) is 22.3 Å². The molecule has 2 rings (SSSR count). The van der Waals surface area contributed by atoms with Gasteiger partial charge in [-0.15, -0.1) is 11.6 Å². The van der Waals surface area contributed by atoms with Crippen LogP contribution in [-0.2, 0) is 0 Å². The molecule has 1 aliphatic carbocycles. The van der Waals surface area contributed by atoms with E-state index in [1.165, 1.54) is 6.20 Å². The second kappa shape index (κ2) is 6.10. The van der Waals surface area contributed by atoms with Gasteiger partial charge in [-0.3, -0.25) is 4.79 Å². The van der Waals surface area contributed by atoms with Crippen molar-refractivity contribution >= 4 is 29.1 Å². The Bertz CT molecular complexity index is 439. The molecule has 0 aromatic carbocycles. The third-order valence-electron chi connectivity index (χ3n) is 3.83. The average Bonchev–Trinajstić information content (AvgIpc) is 2.42. The summed E-state index contributed by atoms with van der Waals surface area (Å²) in [5.74, 6) is 0.979. The molecule has 0 bridgehead atoms. The molecule has 0 aliphatic heterocycles. The van der Waals surface area contributed by atoms with E-state index in [9.17, 15) is 4.79 Å².